The van der Waals surface area contributed by atoms with Crippen molar-refractivity contribution in [3.63, 3.8) is 0 Å². The molecule has 2 N–H and O–H groups in total. The number of rotatable bonds is 6. The smallest absolute Gasteiger partial charge is 0.255 e. The number of carbonyl (C=O) groups is 1. The number of hydrogen-bond acceptors (Lipinski definition) is 3. The molecule has 0 aliphatic rings. The van der Waals surface area contributed by atoms with E-state index in [4.69, 9.17) is 9.84 Å². The van der Waals surface area contributed by atoms with Gasteiger partial charge in [0.15, 0.2) is 0 Å². The number of nitrogens with one attached hydrogen (secondary N) is 1. The summed E-state index contributed by atoms with van der Waals surface area (Å²) in [7, 11) is 0. The second-order valence-corrected chi connectivity index (χ2v) is 4.25. The largest absolute Gasteiger partial charge is 0.488 e. The van der Waals surface area contributed by atoms with Crippen molar-refractivity contribution >= 4 is 5.91 Å². The van der Waals surface area contributed by atoms with Crippen LogP contribution in [0.2, 0.25) is 0 Å². The van der Waals surface area contributed by atoms with Crippen LogP contribution in [-0.4, -0.2) is 24.2 Å². The predicted molar refractivity (Wildman–Crippen MR) is 76.6 cm³/mol. The Kier molecular flexibility index (Phi) is 5.15. The Bertz CT molecular complexity index is 555. The maximum absolute atomic E-state index is 11.9. The lowest BCUT2D eigenvalue weighted by Crippen LogP contribution is -2.26. The number of hydrogen-bond donors (Lipinski definition) is 2. The molecule has 0 aromatic heterocycles. The molecule has 0 aliphatic carbocycles. The molecular formula is C16H17NO3. The first-order valence-corrected chi connectivity index (χ1v) is 6.46. The maximum atomic E-state index is 11.9. The Hall–Kier alpha value is -2.33. The van der Waals surface area contributed by atoms with Gasteiger partial charge < -0.3 is 15.2 Å². The zero-order valence-corrected chi connectivity index (χ0v) is 11.1. The number of ether oxygens (including phenoxy) is 1. The van der Waals surface area contributed by atoms with Crippen molar-refractivity contribution in [1.29, 1.82) is 0 Å². The van der Waals surface area contributed by atoms with Crippen LogP contribution < -0.4 is 10.1 Å². The molecule has 0 saturated heterocycles. The van der Waals surface area contributed by atoms with Crippen LogP contribution in [0.25, 0.3) is 0 Å². The summed E-state index contributed by atoms with van der Waals surface area (Å²) in [6.07, 6.45) is 0. The molecule has 0 aliphatic heterocycles. The van der Waals surface area contributed by atoms with E-state index in [-0.39, 0.29) is 19.1 Å². The first kappa shape index (κ1) is 14.1. The van der Waals surface area contributed by atoms with Gasteiger partial charge in [-0.1, -0.05) is 42.5 Å². The van der Waals surface area contributed by atoms with Crippen LogP contribution in [0.4, 0.5) is 0 Å². The number of carbonyl (C=O) groups excluding carboxylic acids is 1. The second kappa shape index (κ2) is 7.31. The quantitative estimate of drug-likeness (QED) is 0.844. The molecule has 0 atom stereocenters. The van der Waals surface area contributed by atoms with Gasteiger partial charge in [-0.2, -0.15) is 0 Å². The first-order valence-electron chi connectivity index (χ1n) is 6.46. The molecule has 4 heteroatoms. The highest BCUT2D eigenvalue weighted by molar-refractivity contribution is 5.96. The van der Waals surface area contributed by atoms with Gasteiger partial charge in [-0.05, 0) is 17.7 Å². The molecule has 2 aromatic rings. The third-order valence-electron chi connectivity index (χ3n) is 2.77. The molecule has 0 bridgehead atoms. The van der Waals surface area contributed by atoms with E-state index in [2.05, 4.69) is 5.32 Å². The maximum Gasteiger partial charge on any atom is 0.255 e. The number of amides is 1. The SMILES string of the molecule is O=C(NCCO)c1ccccc1OCc1ccccc1. The van der Waals surface area contributed by atoms with E-state index in [0.29, 0.717) is 17.9 Å². The average Bonchev–Trinajstić information content (AvgIpc) is 2.52. The Labute approximate surface area is 118 Å². The average molecular weight is 271 g/mol. The van der Waals surface area contributed by atoms with Gasteiger partial charge in [0.25, 0.3) is 5.91 Å². The molecule has 0 heterocycles. The molecule has 2 rings (SSSR count). The molecule has 4 nitrogen and oxygen atoms in total. The van der Waals surface area contributed by atoms with E-state index in [9.17, 15) is 4.79 Å². The first-order chi connectivity index (χ1) is 9.81. The second-order valence-electron chi connectivity index (χ2n) is 4.25. The highest BCUT2D eigenvalue weighted by Gasteiger charge is 2.11. The summed E-state index contributed by atoms with van der Waals surface area (Å²) in [6, 6.07) is 16.8. The van der Waals surface area contributed by atoms with E-state index in [1.165, 1.54) is 0 Å². The molecule has 20 heavy (non-hydrogen) atoms. The molecular weight excluding hydrogens is 254 g/mol. The monoisotopic (exact) mass is 271 g/mol. The van der Waals surface area contributed by atoms with Crippen molar-refractivity contribution in [2.24, 2.45) is 0 Å². The fourth-order valence-electron chi connectivity index (χ4n) is 1.78. The molecule has 1 amide bonds. The number of aliphatic hydroxyl groups excluding tert-OH is 1. The minimum absolute atomic E-state index is 0.0845. The van der Waals surface area contributed by atoms with E-state index in [0.717, 1.165) is 5.56 Å². The standard InChI is InChI=1S/C16H17NO3/c18-11-10-17-16(19)14-8-4-5-9-15(14)20-12-13-6-2-1-3-7-13/h1-9,18H,10-12H2,(H,17,19). The van der Waals surface area contributed by atoms with Gasteiger partial charge in [-0.15, -0.1) is 0 Å². The van der Waals surface area contributed by atoms with Gasteiger partial charge in [-0.25, -0.2) is 0 Å². The lowest BCUT2D eigenvalue weighted by atomic mass is 10.2. The van der Waals surface area contributed by atoms with Crippen molar-refractivity contribution in [3.8, 4) is 5.75 Å². The van der Waals surface area contributed by atoms with E-state index in [1.807, 2.05) is 36.4 Å². The van der Waals surface area contributed by atoms with E-state index >= 15 is 0 Å². The van der Waals surface area contributed by atoms with Crippen LogP contribution in [0.1, 0.15) is 15.9 Å². The molecule has 0 saturated carbocycles. The summed E-state index contributed by atoms with van der Waals surface area (Å²) >= 11 is 0. The number of benzene rings is 2. The minimum Gasteiger partial charge on any atom is -0.488 e. The van der Waals surface area contributed by atoms with Crippen molar-refractivity contribution in [2.45, 2.75) is 6.61 Å². The summed E-state index contributed by atoms with van der Waals surface area (Å²) in [6.45, 7) is 0.551. The number of aliphatic hydroxyl groups is 1. The summed E-state index contributed by atoms with van der Waals surface area (Å²) in [4.78, 5) is 11.9. The van der Waals surface area contributed by atoms with Crippen molar-refractivity contribution in [3.05, 3.63) is 65.7 Å². The van der Waals surface area contributed by atoms with Gasteiger partial charge in [-0.3, -0.25) is 4.79 Å². The van der Waals surface area contributed by atoms with Gasteiger partial charge in [0.05, 0.1) is 12.2 Å². The van der Waals surface area contributed by atoms with Crippen LogP contribution in [0, 0.1) is 0 Å². The molecule has 2 aromatic carbocycles. The highest BCUT2D eigenvalue weighted by Crippen LogP contribution is 2.19. The third kappa shape index (κ3) is 3.83. The Morgan fingerprint density at radius 2 is 1.75 bits per heavy atom. The fraction of sp³-hybridized carbons (Fsp3) is 0.188. The van der Waals surface area contributed by atoms with Gasteiger partial charge in [0.2, 0.25) is 0 Å². The molecule has 0 unspecified atom stereocenters. The van der Waals surface area contributed by atoms with Gasteiger partial charge in [0, 0.05) is 6.54 Å². The number of para-hydroxylation sites is 1. The van der Waals surface area contributed by atoms with Crippen LogP contribution in [0.15, 0.2) is 54.6 Å². The van der Waals surface area contributed by atoms with Gasteiger partial charge >= 0.3 is 0 Å². The minimum atomic E-state index is -0.247. The van der Waals surface area contributed by atoms with Gasteiger partial charge in [0.1, 0.15) is 12.4 Å². The molecule has 0 radical (unpaired) electrons. The lowest BCUT2D eigenvalue weighted by molar-refractivity contribution is 0.0940. The molecule has 0 spiro atoms. The normalized spacial score (nSPS) is 10.1. The molecule has 104 valence electrons. The summed E-state index contributed by atoms with van der Waals surface area (Å²) in [5, 5.41) is 11.4. The summed E-state index contributed by atoms with van der Waals surface area (Å²) in [5.41, 5.74) is 1.51. The van der Waals surface area contributed by atoms with Crippen LogP contribution in [0.5, 0.6) is 5.75 Å². The fourth-order valence-corrected chi connectivity index (χ4v) is 1.78. The van der Waals surface area contributed by atoms with E-state index in [1.54, 1.807) is 18.2 Å². The Morgan fingerprint density at radius 3 is 2.50 bits per heavy atom. The Balaban J connectivity index is 2.06. The van der Waals surface area contributed by atoms with Crippen LogP contribution in [-0.2, 0) is 6.61 Å². The molecule has 0 fully saturated rings. The third-order valence-corrected chi connectivity index (χ3v) is 2.77. The zero-order valence-electron chi connectivity index (χ0n) is 11.1. The topological polar surface area (TPSA) is 58.6 Å². The van der Waals surface area contributed by atoms with E-state index < -0.39 is 0 Å². The van der Waals surface area contributed by atoms with Crippen molar-refractivity contribution in [2.75, 3.05) is 13.2 Å². The lowest BCUT2D eigenvalue weighted by Gasteiger charge is -2.11. The van der Waals surface area contributed by atoms with Crippen LogP contribution >= 0.6 is 0 Å². The summed E-state index contributed by atoms with van der Waals surface area (Å²) in [5.74, 6) is 0.287. The van der Waals surface area contributed by atoms with Crippen molar-refractivity contribution < 1.29 is 14.6 Å². The van der Waals surface area contributed by atoms with Crippen molar-refractivity contribution in [1.82, 2.24) is 5.32 Å². The predicted octanol–water partition coefficient (Wildman–Crippen LogP) is 1.99. The zero-order chi connectivity index (χ0) is 14.2. The highest BCUT2D eigenvalue weighted by atomic mass is 16.5. The summed E-state index contributed by atoms with van der Waals surface area (Å²) < 4.78 is 5.70. The van der Waals surface area contributed by atoms with Crippen LogP contribution in [0.3, 0.4) is 0 Å². The Morgan fingerprint density at radius 1 is 1.05 bits per heavy atom.